The lowest BCUT2D eigenvalue weighted by Crippen LogP contribution is -2.48. The standard InChI is InChI=1S/C26H35N5O4/c1-35-22-14-20(6-7-21(22)19(15-27)16-28)31-13-10-26(25(31)34)8-11-30(12-9-26)24(33)18-4-2-17(3-5-18)23(29)32/h6-7,14-18,27H,2-5,8-13,28H2,1H3,(H2,29,32)/b19-16+,27-15?. The van der Waals surface area contributed by atoms with Crippen molar-refractivity contribution in [2.75, 3.05) is 31.6 Å². The maximum Gasteiger partial charge on any atom is 0.233 e. The number of nitrogens with two attached hydrogens (primary N) is 2. The van der Waals surface area contributed by atoms with Crippen LogP contribution in [0.4, 0.5) is 5.69 Å². The van der Waals surface area contributed by atoms with Gasteiger partial charge < -0.3 is 31.4 Å². The van der Waals surface area contributed by atoms with E-state index < -0.39 is 5.41 Å². The fourth-order valence-electron chi connectivity index (χ4n) is 5.87. The van der Waals surface area contributed by atoms with Gasteiger partial charge in [0, 0.05) is 66.8 Å². The summed E-state index contributed by atoms with van der Waals surface area (Å²) in [4.78, 5) is 41.8. The van der Waals surface area contributed by atoms with E-state index in [9.17, 15) is 14.4 Å². The van der Waals surface area contributed by atoms with Crippen molar-refractivity contribution >= 4 is 35.2 Å². The van der Waals surface area contributed by atoms with Crippen LogP contribution in [0.5, 0.6) is 5.75 Å². The van der Waals surface area contributed by atoms with Gasteiger partial charge in [-0.1, -0.05) is 0 Å². The van der Waals surface area contributed by atoms with Gasteiger partial charge in [-0.2, -0.15) is 0 Å². The van der Waals surface area contributed by atoms with Gasteiger partial charge >= 0.3 is 0 Å². The third kappa shape index (κ3) is 4.63. The highest BCUT2D eigenvalue weighted by Crippen LogP contribution is 2.44. The van der Waals surface area contributed by atoms with Gasteiger partial charge in [0.15, 0.2) is 0 Å². The Balaban J connectivity index is 1.40. The summed E-state index contributed by atoms with van der Waals surface area (Å²) in [6.07, 6.45) is 7.39. The Labute approximate surface area is 206 Å². The van der Waals surface area contributed by atoms with Gasteiger partial charge in [-0.3, -0.25) is 14.4 Å². The molecule has 35 heavy (non-hydrogen) atoms. The number of carbonyl (C=O) groups excluding carboxylic acids is 3. The van der Waals surface area contributed by atoms with Gasteiger partial charge in [0.1, 0.15) is 5.75 Å². The number of ether oxygens (including phenoxy) is 1. The highest BCUT2D eigenvalue weighted by molar-refractivity contribution is 6.09. The molecule has 9 heteroatoms. The lowest BCUT2D eigenvalue weighted by molar-refractivity contribution is -0.142. The molecule has 3 aliphatic rings. The van der Waals surface area contributed by atoms with E-state index in [2.05, 4.69) is 0 Å². The molecule has 4 rings (SSSR count). The van der Waals surface area contributed by atoms with E-state index in [1.807, 2.05) is 28.0 Å². The Morgan fingerprint density at radius 1 is 1.09 bits per heavy atom. The van der Waals surface area contributed by atoms with Crippen LogP contribution in [-0.4, -0.2) is 55.6 Å². The van der Waals surface area contributed by atoms with Gasteiger partial charge in [0.05, 0.1) is 12.5 Å². The predicted octanol–water partition coefficient (Wildman–Crippen LogP) is 2.28. The van der Waals surface area contributed by atoms with Crippen molar-refractivity contribution in [3.05, 3.63) is 30.0 Å². The number of primary amides is 1. The van der Waals surface area contributed by atoms with Crippen molar-refractivity contribution in [1.82, 2.24) is 4.90 Å². The topological polar surface area (TPSA) is 143 Å². The van der Waals surface area contributed by atoms with E-state index in [0.717, 1.165) is 12.1 Å². The molecule has 188 valence electrons. The largest absolute Gasteiger partial charge is 0.496 e. The van der Waals surface area contributed by atoms with E-state index in [1.165, 1.54) is 12.4 Å². The summed E-state index contributed by atoms with van der Waals surface area (Å²) >= 11 is 0. The Morgan fingerprint density at radius 2 is 1.71 bits per heavy atom. The zero-order valence-corrected chi connectivity index (χ0v) is 20.3. The zero-order chi connectivity index (χ0) is 25.2. The summed E-state index contributed by atoms with van der Waals surface area (Å²) in [6.45, 7) is 1.79. The van der Waals surface area contributed by atoms with Gasteiger partial charge in [0.25, 0.3) is 0 Å². The van der Waals surface area contributed by atoms with Crippen LogP contribution in [0.3, 0.4) is 0 Å². The third-order valence-electron chi connectivity index (χ3n) is 8.17. The number of carbonyl (C=O) groups is 3. The second kappa shape index (κ2) is 10.1. The molecule has 1 aromatic rings. The molecule has 1 aromatic carbocycles. The first-order valence-corrected chi connectivity index (χ1v) is 12.3. The Kier molecular flexibility index (Phi) is 7.14. The molecule has 2 aliphatic heterocycles. The van der Waals surface area contributed by atoms with Crippen molar-refractivity contribution in [2.45, 2.75) is 44.9 Å². The normalized spacial score (nSPS) is 24.5. The van der Waals surface area contributed by atoms with Crippen LogP contribution in [-0.2, 0) is 14.4 Å². The molecule has 1 saturated carbocycles. The summed E-state index contributed by atoms with van der Waals surface area (Å²) in [6, 6.07) is 5.51. The number of benzene rings is 1. The molecule has 5 N–H and O–H groups in total. The monoisotopic (exact) mass is 481 g/mol. The van der Waals surface area contributed by atoms with Gasteiger partial charge in [-0.05, 0) is 57.1 Å². The number of anilines is 1. The predicted molar refractivity (Wildman–Crippen MR) is 134 cm³/mol. The van der Waals surface area contributed by atoms with Crippen molar-refractivity contribution in [1.29, 1.82) is 5.41 Å². The van der Waals surface area contributed by atoms with Crippen molar-refractivity contribution in [3.8, 4) is 5.75 Å². The van der Waals surface area contributed by atoms with Gasteiger partial charge in [-0.15, -0.1) is 0 Å². The molecule has 2 heterocycles. The number of likely N-dealkylation sites (tertiary alicyclic amines) is 1. The fraction of sp³-hybridized carbons (Fsp3) is 0.538. The molecule has 9 nitrogen and oxygen atoms in total. The summed E-state index contributed by atoms with van der Waals surface area (Å²) in [5.74, 6) is 0.390. The second-order valence-corrected chi connectivity index (χ2v) is 9.91. The number of nitrogens with zero attached hydrogens (tertiary/aromatic N) is 2. The number of allylic oxidation sites excluding steroid dienone is 1. The van der Waals surface area contributed by atoms with E-state index in [4.69, 9.17) is 21.6 Å². The Bertz CT molecular complexity index is 1040. The Hall–Kier alpha value is -3.36. The molecule has 1 aliphatic carbocycles. The molecule has 1 spiro atoms. The maximum atomic E-state index is 13.6. The first-order chi connectivity index (χ1) is 16.8. The van der Waals surface area contributed by atoms with Crippen molar-refractivity contribution in [3.63, 3.8) is 0 Å². The minimum Gasteiger partial charge on any atom is -0.496 e. The summed E-state index contributed by atoms with van der Waals surface area (Å²) in [5, 5.41) is 7.55. The molecule has 3 fully saturated rings. The number of amides is 3. The average molecular weight is 482 g/mol. The molecule has 0 bridgehead atoms. The molecule has 2 saturated heterocycles. The van der Waals surface area contributed by atoms with Crippen LogP contribution in [0.1, 0.15) is 50.5 Å². The van der Waals surface area contributed by atoms with Crippen LogP contribution in [0.25, 0.3) is 5.57 Å². The lowest BCUT2D eigenvalue weighted by atomic mass is 9.76. The third-order valence-corrected chi connectivity index (χ3v) is 8.17. The molecule has 0 radical (unpaired) electrons. The number of methoxy groups -OCH3 is 1. The second-order valence-electron chi connectivity index (χ2n) is 9.91. The van der Waals surface area contributed by atoms with Gasteiger partial charge in [0.2, 0.25) is 17.7 Å². The maximum absolute atomic E-state index is 13.6. The SMILES string of the molecule is COc1cc(N2CCC3(CCN(C(=O)C4CCC(C(N)=O)CC4)CC3)C2=O)ccc1/C(C=N)=C/N. The van der Waals surface area contributed by atoms with Crippen LogP contribution < -0.4 is 21.1 Å². The molecule has 0 atom stereocenters. The Morgan fingerprint density at radius 3 is 2.29 bits per heavy atom. The number of piperidine rings is 1. The van der Waals surface area contributed by atoms with E-state index >= 15 is 0 Å². The highest BCUT2D eigenvalue weighted by Gasteiger charge is 2.49. The zero-order valence-electron chi connectivity index (χ0n) is 20.3. The first-order valence-electron chi connectivity index (χ1n) is 12.3. The molecule has 0 aromatic heterocycles. The number of nitrogens with one attached hydrogen (secondary N) is 1. The number of hydrogen-bond donors (Lipinski definition) is 3. The smallest absolute Gasteiger partial charge is 0.233 e. The highest BCUT2D eigenvalue weighted by atomic mass is 16.5. The first kappa shape index (κ1) is 24.8. The lowest BCUT2D eigenvalue weighted by Gasteiger charge is -2.40. The molecular weight excluding hydrogens is 446 g/mol. The van der Waals surface area contributed by atoms with Crippen LogP contribution in [0, 0.1) is 22.7 Å². The quantitative estimate of drug-likeness (QED) is 0.534. The summed E-state index contributed by atoms with van der Waals surface area (Å²) < 4.78 is 5.51. The van der Waals surface area contributed by atoms with E-state index in [1.54, 1.807) is 7.11 Å². The minimum absolute atomic E-state index is 0.0464. The summed E-state index contributed by atoms with van der Waals surface area (Å²) in [7, 11) is 1.56. The molecule has 0 unspecified atom stereocenters. The van der Waals surface area contributed by atoms with E-state index in [-0.39, 0.29) is 29.6 Å². The summed E-state index contributed by atoms with van der Waals surface area (Å²) in [5.41, 5.74) is 12.6. The van der Waals surface area contributed by atoms with Crippen molar-refractivity contribution < 1.29 is 19.1 Å². The molecule has 3 amide bonds. The minimum atomic E-state index is -0.441. The van der Waals surface area contributed by atoms with Crippen LogP contribution in [0.2, 0.25) is 0 Å². The van der Waals surface area contributed by atoms with Crippen molar-refractivity contribution in [2.24, 2.45) is 28.7 Å². The fourth-order valence-corrected chi connectivity index (χ4v) is 5.87. The van der Waals surface area contributed by atoms with Gasteiger partial charge in [-0.25, -0.2) is 0 Å². The van der Waals surface area contributed by atoms with E-state index in [0.29, 0.717) is 75.0 Å². The number of hydrogen-bond acceptors (Lipinski definition) is 6. The van der Waals surface area contributed by atoms with Crippen LogP contribution >= 0.6 is 0 Å². The molecular formula is C26H35N5O4. The average Bonchev–Trinajstić information content (AvgIpc) is 3.20. The number of rotatable bonds is 6. The van der Waals surface area contributed by atoms with Crippen LogP contribution in [0.15, 0.2) is 24.4 Å².